The van der Waals surface area contributed by atoms with Crippen LogP contribution in [0.15, 0.2) is 35.2 Å². The molecule has 0 fully saturated rings. The van der Waals surface area contributed by atoms with Crippen LogP contribution in [0.3, 0.4) is 0 Å². The fourth-order valence-corrected chi connectivity index (χ4v) is 5.39. The molecule has 6 nitrogen and oxygen atoms in total. The number of esters is 1. The normalized spacial score (nSPS) is 12.7. The lowest BCUT2D eigenvalue weighted by atomic mass is 10.1. The number of rotatable bonds is 6. The number of hydrogen-bond donors (Lipinski definition) is 0. The Morgan fingerprint density at radius 2 is 1.90 bits per heavy atom. The molecule has 0 aliphatic heterocycles. The molecule has 2 heterocycles. The second kappa shape index (κ2) is 8.35. The Morgan fingerprint density at radius 3 is 2.53 bits per heavy atom. The molecule has 0 saturated carbocycles. The van der Waals surface area contributed by atoms with E-state index >= 15 is 0 Å². The molecular formula is C22H26N2O4S2. The molecule has 1 atom stereocenters. The van der Waals surface area contributed by atoms with Crippen molar-refractivity contribution in [2.45, 2.75) is 45.4 Å². The molecule has 0 N–H and O–H groups in total. The predicted octanol–water partition coefficient (Wildman–Crippen LogP) is 4.60. The molecule has 0 aliphatic carbocycles. The van der Waals surface area contributed by atoms with Gasteiger partial charge in [-0.2, -0.15) is 0 Å². The van der Waals surface area contributed by atoms with Gasteiger partial charge in [0.1, 0.15) is 16.7 Å². The molecule has 1 aromatic carbocycles. The van der Waals surface area contributed by atoms with Gasteiger partial charge in [0.25, 0.3) is 0 Å². The van der Waals surface area contributed by atoms with Crippen molar-refractivity contribution in [1.82, 2.24) is 9.55 Å². The number of nitrogens with zero attached hydrogens (tertiary/aromatic N) is 2. The highest BCUT2D eigenvalue weighted by Gasteiger charge is 2.25. The summed E-state index contributed by atoms with van der Waals surface area (Å²) in [5, 5.41) is 0.913. The van der Waals surface area contributed by atoms with E-state index in [0.29, 0.717) is 17.3 Å². The van der Waals surface area contributed by atoms with E-state index in [9.17, 15) is 13.2 Å². The van der Waals surface area contributed by atoms with Crippen molar-refractivity contribution in [1.29, 1.82) is 0 Å². The zero-order chi connectivity index (χ0) is 22.2. The number of aryl methyl sites for hydroxylation is 2. The summed E-state index contributed by atoms with van der Waals surface area (Å²) < 4.78 is 31.4. The summed E-state index contributed by atoms with van der Waals surface area (Å²) in [5.74, 6) is -0.173. The maximum absolute atomic E-state index is 12.3. The van der Waals surface area contributed by atoms with Crippen LogP contribution >= 0.6 is 11.3 Å². The molecule has 3 aromatic rings. The number of hydrogen-bond acceptors (Lipinski definition) is 6. The summed E-state index contributed by atoms with van der Waals surface area (Å²) in [6.45, 7) is 9.58. The van der Waals surface area contributed by atoms with Crippen molar-refractivity contribution in [2.24, 2.45) is 0 Å². The molecule has 0 aliphatic rings. The second-order valence-electron chi connectivity index (χ2n) is 7.34. The van der Waals surface area contributed by atoms with Gasteiger partial charge < -0.3 is 4.74 Å². The standard InChI is InChI=1S/C22H26N2O4S2/c1-7-28-22(25)14(3)21-23-15(4)16(5)24(21)20-11-10-18(29-20)17-9-8-13(2)19(12-17)30(6,26)27/h8-12,14H,7H2,1-6H3. The lowest BCUT2D eigenvalue weighted by Gasteiger charge is -2.13. The Labute approximate surface area is 181 Å². The highest BCUT2D eigenvalue weighted by molar-refractivity contribution is 7.90. The summed E-state index contributed by atoms with van der Waals surface area (Å²) in [4.78, 5) is 18.2. The molecular weight excluding hydrogens is 420 g/mol. The van der Waals surface area contributed by atoms with Gasteiger partial charge in [0, 0.05) is 16.8 Å². The highest BCUT2D eigenvalue weighted by atomic mass is 32.2. The third-order valence-corrected chi connectivity index (χ3v) is 7.44. The molecule has 0 bridgehead atoms. The van der Waals surface area contributed by atoms with Crippen LogP contribution in [0.5, 0.6) is 0 Å². The first kappa shape index (κ1) is 22.2. The summed E-state index contributed by atoms with van der Waals surface area (Å²) in [6.07, 6.45) is 1.22. The molecule has 0 radical (unpaired) electrons. The Kier molecular flexibility index (Phi) is 6.19. The first-order chi connectivity index (χ1) is 14.0. The van der Waals surface area contributed by atoms with E-state index in [-0.39, 0.29) is 5.97 Å². The molecule has 8 heteroatoms. The van der Waals surface area contributed by atoms with Crippen molar-refractivity contribution in [3.8, 4) is 15.4 Å². The fraction of sp³-hybridized carbons (Fsp3) is 0.364. The molecule has 0 amide bonds. The number of thiophene rings is 1. The maximum atomic E-state index is 12.3. The minimum Gasteiger partial charge on any atom is -0.465 e. The van der Waals surface area contributed by atoms with Crippen LogP contribution in [0.25, 0.3) is 15.4 Å². The van der Waals surface area contributed by atoms with Crippen LogP contribution in [0, 0.1) is 20.8 Å². The van der Waals surface area contributed by atoms with Crippen LogP contribution < -0.4 is 0 Å². The molecule has 30 heavy (non-hydrogen) atoms. The van der Waals surface area contributed by atoms with E-state index in [4.69, 9.17) is 4.74 Å². The molecule has 2 aromatic heterocycles. The Bertz CT molecular complexity index is 1210. The number of imidazole rings is 1. The number of carbonyl (C=O) groups excluding carboxylic acids is 1. The van der Waals surface area contributed by atoms with Crippen molar-refractivity contribution in [3.05, 3.63) is 53.1 Å². The van der Waals surface area contributed by atoms with Gasteiger partial charge in [-0.15, -0.1) is 11.3 Å². The third kappa shape index (κ3) is 4.20. The number of carbonyl (C=O) groups is 1. The molecule has 160 valence electrons. The summed E-state index contributed by atoms with van der Waals surface area (Å²) in [7, 11) is -3.31. The lowest BCUT2D eigenvalue weighted by molar-refractivity contribution is -0.144. The van der Waals surface area contributed by atoms with Crippen LogP contribution in [0.4, 0.5) is 0 Å². The van der Waals surface area contributed by atoms with Gasteiger partial charge in [-0.25, -0.2) is 13.4 Å². The van der Waals surface area contributed by atoms with E-state index in [1.807, 2.05) is 42.7 Å². The van der Waals surface area contributed by atoms with Crippen LogP contribution in [-0.2, 0) is 19.4 Å². The van der Waals surface area contributed by atoms with Gasteiger partial charge in [0.15, 0.2) is 9.84 Å². The highest BCUT2D eigenvalue weighted by Crippen LogP contribution is 2.35. The zero-order valence-corrected chi connectivity index (χ0v) is 19.6. The van der Waals surface area contributed by atoms with Crippen molar-refractivity contribution in [3.63, 3.8) is 0 Å². The first-order valence-electron chi connectivity index (χ1n) is 9.68. The molecule has 3 rings (SSSR count). The van der Waals surface area contributed by atoms with Crippen LogP contribution in [0.2, 0.25) is 0 Å². The van der Waals surface area contributed by atoms with E-state index in [1.54, 1.807) is 26.8 Å². The van der Waals surface area contributed by atoms with Gasteiger partial charge in [0.05, 0.1) is 17.2 Å². The molecule has 1 unspecified atom stereocenters. The van der Waals surface area contributed by atoms with Crippen molar-refractivity contribution >= 4 is 27.1 Å². The number of sulfone groups is 1. The van der Waals surface area contributed by atoms with E-state index < -0.39 is 15.8 Å². The second-order valence-corrected chi connectivity index (χ2v) is 10.4. The Balaban J connectivity index is 2.07. The van der Waals surface area contributed by atoms with Crippen LogP contribution in [0.1, 0.15) is 42.5 Å². The minimum absolute atomic E-state index is 0.308. The van der Waals surface area contributed by atoms with Crippen molar-refractivity contribution < 1.29 is 17.9 Å². The van der Waals surface area contributed by atoms with E-state index in [0.717, 1.165) is 32.4 Å². The van der Waals surface area contributed by atoms with E-state index in [2.05, 4.69) is 4.98 Å². The lowest BCUT2D eigenvalue weighted by Crippen LogP contribution is -2.17. The summed E-state index contributed by atoms with van der Waals surface area (Å²) in [5.41, 5.74) is 3.37. The summed E-state index contributed by atoms with van der Waals surface area (Å²) >= 11 is 1.52. The van der Waals surface area contributed by atoms with Gasteiger partial charge in [-0.3, -0.25) is 9.36 Å². The smallest absolute Gasteiger partial charge is 0.316 e. The molecule has 0 spiro atoms. The summed E-state index contributed by atoms with van der Waals surface area (Å²) in [6, 6.07) is 9.40. The average molecular weight is 447 g/mol. The molecule has 0 saturated heterocycles. The maximum Gasteiger partial charge on any atom is 0.316 e. The Hall–Kier alpha value is -2.45. The average Bonchev–Trinajstić information content (AvgIpc) is 3.26. The topological polar surface area (TPSA) is 78.3 Å². The van der Waals surface area contributed by atoms with Crippen LogP contribution in [-0.4, -0.2) is 36.8 Å². The van der Waals surface area contributed by atoms with E-state index in [1.165, 1.54) is 17.6 Å². The van der Waals surface area contributed by atoms with Gasteiger partial charge in [-0.1, -0.05) is 12.1 Å². The Morgan fingerprint density at radius 1 is 1.20 bits per heavy atom. The van der Waals surface area contributed by atoms with Gasteiger partial charge in [-0.05, 0) is 63.9 Å². The largest absolute Gasteiger partial charge is 0.465 e. The monoisotopic (exact) mass is 446 g/mol. The quantitative estimate of drug-likeness (QED) is 0.517. The number of benzene rings is 1. The third-order valence-electron chi connectivity index (χ3n) is 5.08. The zero-order valence-electron chi connectivity index (χ0n) is 18.0. The van der Waals surface area contributed by atoms with Crippen molar-refractivity contribution in [2.75, 3.05) is 12.9 Å². The fourth-order valence-electron chi connectivity index (χ4n) is 3.33. The number of ether oxygens (including phenoxy) is 1. The van der Waals surface area contributed by atoms with Gasteiger partial charge in [0.2, 0.25) is 0 Å². The SMILES string of the molecule is CCOC(=O)C(C)c1nc(C)c(C)n1-c1ccc(-c2ccc(C)c(S(C)(=O)=O)c2)s1. The van der Waals surface area contributed by atoms with Gasteiger partial charge >= 0.3 is 5.97 Å². The number of aromatic nitrogens is 2. The first-order valence-corrected chi connectivity index (χ1v) is 12.4. The minimum atomic E-state index is -3.31. The predicted molar refractivity (Wildman–Crippen MR) is 119 cm³/mol.